The van der Waals surface area contributed by atoms with Gasteiger partial charge in [0.2, 0.25) is 0 Å². The molecule has 0 spiro atoms. The highest BCUT2D eigenvalue weighted by atomic mass is 16.4. The van der Waals surface area contributed by atoms with Crippen LogP contribution in [0.3, 0.4) is 0 Å². The van der Waals surface area contributed by atoms with E-state index in [0.29, 0.717) is 11.3 Å². The van der Waals surface area contributed by atoms with Gasteiger partial charge < -0.3 is 25.6 Å². The monoisotopic (exact) mass is 348 g/mol. The van der Waals surface area contributed by atoms with E-state index >= 15 is 0 Å². The summed E-state index contributed by atoms with van der Waals surface area (Å²) in [5, 5.41) is 29.7. The zero-order chi connectivity index (χ0) is 18.4. The first-order chi connectivity index (χ1) is 11.9. The number of carboxylic acids is 3. The average molecular weight is 348 g/mol. The Morgan fingerprint density at radius 2 is 2.12 bits per heavy atom. The largest absolute Gasteiger partial charge is 0.480 e. The van der Waals surface area contributed by atoms with Crippen molar-refractivity contribution < 1.29 is 29.7 Å². The minimum Gasteiger partial charge on any atom is -0.480 e. The molecule has 1 aliphatic rings. The van der Waals surface area contributed by atoms with Gasteiger partial charge in [-0.05, 0) is 17.7 Å². The molecule has 2 atom stereocenters. The molecule has 1 aromatic rings. The molecule has 0 saturated carbocycles. The van der Waals surface area contributed by atoms with E-state index in [9.17, 15) is 19.5 Å². The summed E-state index contributed by atoms with van der Waals surface area (Å²) in [5.74, 6) is -3.59. The first-order valence-electron chi connectivity index (χ1n) is 7.23. The summed E-state index contributed by atoms with van der Waals surface area (Å²) in [6.07, 6.45) is 7.03. The molecule has 2 heterocycles. The number of hydrogen-bond donors (Lipinski definition) is 5. The predicted molar refractivity (Wildman–Crippen MR) is 85.2 cm³/mol. The van der Waals surface area contributed by atoms with E-state index in [-0.39, 0.29) is 18.5 Å². The molecule has 2 rings (SSSR count). The second-order valence-electron chi connectivity index (χ2n) is 5.28. The number of nitrogens with zero attached hydrogens (tertiary/aromatic N) is 2. The van der Waals surface area contributed by atoms with Crippen LogP contribution in [0.5, 0.6) is 0 Å². The minimum atomic E-state index is -1.28. The summed E-state index contributed by atoms with van der Waals surface area (Å²) >= 11 is 0. The molecule has 132 valence electrons. The number of rotatable bonds is 7. The first-order valence-corrected chi connectivity index (χ1v) is 7.23. The SMILES string of the molecule is O=C(O)C1=CC(=CC=NC(Cc2cnc[nH]2)C(=O)O)CC(C(=O)O)N1. The number of H-pyrrole nitrogens is 1. The van der Waals surface area contributed by atoms with E-state index in [4.69, 9.17) is 10.2 Å². The predicted octanol–water partition coefficient (Wildman–Crippen LogP) is -0.182. The molecule has 0 radical (unpaired) electrons. The average Bonchev–Trinajstić information content (AvgIpc) is 3.06. The maximum atomic E-state index is 11.2. The highest BCUT2D eigenvalue weighted by molar-refractivity contribution is 5.89. The van der Waals surface area contributed by atoms with E-state index in [1.165, 1.54) is 30.9 Å². The molecule has 10 heteroatoms. The fourth-order valence-corrected chi connectivity index (χ4v) is 2.20. The Morgan fingerprint density at radius 3 is 2.68 bits per heavy atom. The van der Waals surface area contributed by atoms with Crippen molar-refractivity contribution in [2.75, 3.05) is 0 Å². The van der Waals surface area contributed by atoms with E-state index < -0.39 is 30.0 Å². The highest BCUT2D eigenvalue weighted by Crippen LogP contribution is 2.16. The number of carbonyl (C=O) groups is 3. The summed E-state index contributed by atoms with van der Waals surface area (Å²) < 4.78 is 0. The normalized spacial score (nSPS) is 20.1. The van der Waals surface area contributed by atoms with E-state index in [2.05, 4.69) is 20.3 Å². The lowest BCUT2D eigenvalue weighted by Gasteiger charge is -2.21. The van der Waals surface area contributed by atoms with Gasteiger partial charge in [-0.15, -0.1) is 0 Å². The number of aliphatic carboxylic acids is 3. The smallest absolute Gasteiger partial charge is 0.351 e. The number of hydrogen-bond acceptors (Lipinski definition) is 6. The summed E-state index contributed by atoms with van der Waals surface area (Å²) in [6, 6.07) is -2.12. The standard InChI is InChI=1S/C15H16N4O6/c20-13(21)10(5-9-6-16-7-18-9)17-2-1-8-3-11(14(22)23)19-12(4-8)15(24)25/h1-3,6-7,10,12,19H,4-5H2,(H,16,18)(H,20,21)(H,22,23)(H,24,25). The van der Waals surface area contributed by atoms with Crippen LogP contribution in [0.25, 0.3) is 0 Å². The van der Waals surface area contributed by atoms with Crippen LogP contribution in [-0.4, -0.2) is 61.5 Å². The number of aromatic nitrogens is 2. The Kier molecular flexibility index (Phi) is 5.66. The molecule has 1 aromatic heterocycles. The van der Waals surface area contributed by atoms with Crippen LogP contribution in [-0.2, 0) is 20.8 Å². The summed E-state index contributed by atoms with van der Waals surface area (Å²) in [6.45, 7) is 0. The number of imidazole rings is 1. The van der Waals surface area contributed by atoms with Crippen molar-refractivity contribution in [3.8, 4) is 0 Å². The van der Waals surface area contributed by atoms with Gasteiger partial charge in [-0.2, -0.15) is 0 Å². The van der Waals surface area contributed by atoms with Crippen LogP contribution in [0, 0.1) is 0 Å². The molecule has 0 amide bonds. The Hall–Kier alpha value is -3.43. The van der Waals surface area contributed by atoms with Gasteiger partial charge in [0, 0.05) is 30.9 Å². The third kappa shape index (κ3) is 5.03. The minimum absolute atomic E-state index is 0.0520. The van der Waals surface area contributed by atoms with Crippen LogP contribution in [0.2, 0.25) is 0 Å². The van der Waals surface area contributed by atoms with Crippen molar-refractivity contribution in [3.05, 3.63) is 41.6 Å². The van der Waals surface area contributed by atoms with Gasteiger partial charge in [-0.25, -0.2) is 19.4 Å². The lowest BCUT2D eigenvalue weighted by molar-refractivity contribution is -0.140. The second-order valence-corrected chi connectivity index (χ2v) is 5.28. The molecule has 5 N–H and O–H groups in total. The zero-order valence-electron chi connectivity index (χ0n) is 12.9. The van der Waals surface area contributed by atoms with Gasteiger partial charge in [0.1, 0.15) is 11.7 Å². The maximum absolute atomic E-state index is 11.2. The number of carboxylic acid groups (broad SMARTS) is 3. The summed E-state index contributed by atoms with van der Waals surface area (Å²) in [5.41, 5.74) is 0.779. The van der Waals surface area contributed by atoms with Crippen LogP contribution in [0.4, 0.5) is 0 Å². The molecule has 0 aliphatic carbocycles. The van der Waals surface area contributed by atoms with E-state index in [1.54, 1.807) is 0 Å². The fraction of sp³-hybridized carbons (Fsp3) is 0.267. The maximum Gasteiger partial charge on any atom is 0.351 e. The molecular formula is C15H16N4O6. The molecule has 10 nitrogen and oxygen atoms in total. The third-order valence-electron chi connectivity index (χ3n) is 3.44. The van der Waals surface area contributed by atoms with Crippen LogP contribution >= 0.6 is 0 Å². The Balaban J connectivity index is 2.14. The summed E-state index contributed by atoms with van der Waals surface area (Å²) in [7, 11) is 0. The topological polar surface area (TPSA) is 165 Å². The van der Waals surface area contributed by atoms with Crippen LogP contribution in [0.15, 0.2) is 40.9 Å². The van der Waals surface area contributed by atoms with E-state index in [0.717, 1.165) is 0 Å². The molecular weight excluding hydrogens is 332 g/mol. The van der Waals surface area contributed by atoms with Gasteiger partial charge >= 0.3 is 17.9 Å². The highest BCUT2D eigenvalue weighted by Gasteiger charge is 2.26. The molecule has 0 bridgehead atoms. The van der Waals surface area contributed by atoms with Gasteiger partial charge in [0.25, 0.3) is 0 Å². The van der Waals surface area contributed by atoms with Crippen molar-refractivity contribution >= 4 is 24.1 Å². The van der Waals surface area contributed by atoms with Gasteiger partial charge in [-0.3, -0.25) is 4.99 Å². The summed E-state index contributed by atoms with van der Waals surface area (Å²) in [4.78, 5) is 43.9. The van der Waals surface area contributed by atoms with Crippen molar-refractivity contribution in [3.63, 3.8) is 0 Å². The van der Waals surface area contributed by atoms with Crippen molar-refractivity contribution in [1.29, 1.82) is 0 Å². The Bertz CT molecular complexity index is 750. The fourth-order valence-electron chi connectivity index (χ4n) is 2.20. The number of aliphatic imine (C=N–C) groups is 1. The zero-order valence-corrected chi connectivity index (χ0v) is 12.9. The van der Waals surface area contributed by atoms with Crippen LogP contribution < -0.4 is 5.32 Å². The molecule has 0 saturated heterocycles. The first kappa shape index (κ1) is 17.9. The van der Waals surface area contributed by atoms with Crippen molar-refractivity contribution in [2.24, 2.45) is 4.99 Å². The molecule has 0 fully saturated rings. The Morgan fingerprint density at radius 1 is 1.36 bits per heavy atom. The van der Waals surface area contributed by atoms with Crippen LogP contribution in [0.1, 0.15) is 12.1 Å². The van der Waals surface area contributed by atoms with E-state index in [1.807, 2.05) is 0 Å². The lowest BCUT2D eigenvalue weighted by Crippen LogP contribution is -2.41. The number of allylic oxidation sites excluding steroid dienone is 2. The quantitative estimate of drug-likeness (QED) is 0.423. The molecule has 25 heavy (non-hydrogen) atoms. The van der Waals surface area contributed by atoms with Gasteiger partial charge in [0.05, 0.1) is 6.33 Å². The number of aromatic amines is 1. The van der Waals surface area contributed by atoms with Crippen molar-refractivity contribution in [1.82, 2.24) is 15.3 Å². The molecule has 0 aromatic carbocycles. The second kappa shape index (κ2) is 7.90. The molecule has 1 aliphatic heterocycles. The molecule has 2 unspecified atom stereocenters. The Labute approximate surface area is 141 Å². The van der Waals surface area contributed by atoms with Gasteiger partial charge in [-0.1, -0.05) is 0 Å². The lowest BCUT2D eigenvalue weighted by atomic mass is 10.00. The van der Waals surface area contributed by atoms with Crippen molar-refractivity contribution in [2.45, 2.75) is 24.9 Å². The number of nitrogens with one attached hydrogen (secondary N) is 2. The van der Waals surface area contributed by atoms with Gasteiger partial charge in [0.15, 0.2) is 6.04 Å². The third-order valence-corrected chi connectivity index (χ3v) is 3.44.